The van der Waals surface area contributed by atoms with Gasteiger partial charge >= 0.3 is 0 Å². The number of nitriles is 1. The number of nitrogens with one attached hydrogen (secondary N) is 1. The van der Waals surface area contributed by atoms with E-state index in [2.05, 4.69) is 5.32 Å². The number of rotatable bonds is 3. The minimum atomic E-state index is -0.355. The van der Waals surface area contributed by atoms with Crippen LogP contribution in [-0.2, 0) is 0 Å². The van der Waals surface area contributed by atoms with Gasteiger partial charge in [-0.15, -0.1) is 11.3 Å². The molecule has 1 aliphatic rings. The van der Waals surface area contributed by atoms with E-state index < -0.39 is 0 Å². The van der Waals surface area contributed by atoms with Gasteiger partial charge in [-0.3, -0.25) is 4.79 Å². The molecule has 0 amide bonds. The van der Waals surface area contributed by atoms with Gasteiger partial charge in [-0.25, -0.2) is 0 Å². The lowest BCUT2D eigenvalue weighted by molar-refractivity contribution is 1.17. The molecule has 100 valence electrons. The SMILES string of the molecule is N#Cc1c(Nc2ccccc2)sc(C2CC2)c(N)c1=O. The average molecular weight is 283 g/mol. The molecular weight excluding hydrogens is 270 g/mol. The van der Waals surface area contributed by atoms with Crippen molar-refractivity contribution in [3.63, 3.8) is 0 Å². The fraction of sp³-hybridized carbons (Fsp3) is 0.200. The number of nitrogens with zero attached hydrogens (tertiary/aromatic N) is 1. The van der Waals surface area contributed by atoms with E-state index in [1.807, 2.05) is 36.4 Å². The summed E-state index contributed by atoms with van der Waals surface area (Å²) in [5.41, 5.74) is 6.72. The van der Waals surface area contributed by atoms with Crippen LogP contribution in [0.15, 0.2) is 35.1 Å². The molecule has 0 radical (unpaired) electrons. The van der Waals surface area contributed by atoms with Gasteiger partial charge in [0.05, 0.1) is 5.69 Å². The molecule has 0 atom stereocenters. The Morgan fingerprint density at radius 2 is 2.00 bits per heavy atom. The Morgan fingerprint density at radius 3 is 2.60 bits per heavy atom. The molecule has 1 aliphatic carbocycles. The second-order valence-corrected chi connectivity index (χ2v) is 5.84. The topological polar surface area (TPSA) is 78.9 Å². The summed E-state index contributed by atoms with van der Waals surface area (Å²) in [6.07, 6.45) is 2.13. The van der Waals surface area contributed by atoms with E-state index >= 15 is 0 Å². The van der Waals surface area contributed by atoms with Crippen molar-refractivity contribution in [2.75, 3.05) is 11.1 Å². The Hall–Kier alpha value is -2.32. The van der Waals surface area contributed by atoms with Crippen LogP contribution in [-0.4, -0.2) is 0 Å². The van der Waals surface area contributed by atoms with Gasteiger partial charge in [0.1, 0.15) is 16.6 Å². The van der Waals surface area contributed by atoms with Crippen molar-refractivity contribution in [3.8, 4) is 6.07 Å². The fourth-order valence-electron chi connectivity index (χ4n) is 2.06. The van der Waals surface area contributed by atoms with Crippen LogP contribution in [0.2, 0.25) is 0 Å². The average Bonchev–Trinajstić information content (AvgIpc) is 3.29. The predicted molar refractivity (Wildman–Crippen MR) is 81.4 cm³/mol. The van der Waals surface area contributed by atoms with Crippen molar-refractivity contribution in [1.82, 2.24) is 0 Å². The molecular formula is C15H13N3OS. The first-order valence-electron chi connectivity index (χ1n) is 6.39. The maximum atomic E-state index is 12.2. The Balaban J connectivity index is 2.09. The number of anilines is 3. The third kappa shape index (κ3) is 2.26. The highest BCUT2D eigenvalue weighted by molar-refractivity contribution is 7.16. The zero-order chi connectivity index (χ0) is 14.1. The van der Waals surface area contributed by atoms with Crippen LogP contribution in [0.1, 0.15) is 29.2 Å². The van der Waals surface area contributed by atoms with Crippen LogP contribution in [0, 0.1) is 11.3 Å². The van der Waals surface area contributed by atoms with Crippen LogP contribution in [0.25, 0.3) is 0 Å². The zero-order valence-corrected chi connectivity index (χ0v) is 11.5. The Labute approximate surface area is 120 Å². The molecule has 5 heteroatoms. The molecule has 0 aliphatic heterocycles. The first kappa shape index (κ1) is 12.7. The van der Waals surface area contributed by atoms with Crippen molar-refractivity contribution < 1.29 is 0 Å². The Morgan fingerprint density at radius 1 is 1.30 bits per heavy atom. The molecule has 4 nitrogen and oxygen atoms in total. The number of benzene rings is 1. The van der Waals surface area contributed by atoms with Gasteiger partial charge in [0.25, 0.3) is 0 Å². The lowest BCUT2D eigenvalue weighted by atomic mass is 10.2. The minimum absolute atomic E-state index is 0.0979. The summed E-state index contributed by atoms with van der Waals surface area (Å²) in [6.45, 7) is 0. The summed E-state index contributed by atoms with van der Waals surface area (Å²) in [5, 5.41) is 12.9. The van der Waals surface area contributed by atoms with Gasteiger partial charge in [-0.2, -0.15) is 5.26 Å². The number of nitrogen functional groups attached to an aromatic ring is 1. The van der Waals surface area contributed by atoms with Gasteiger partial charge < -0.3 is 11.1 Å². The number of hydrogen-bond donors (Lipinski definition) is 2. The highest BCUT2D eigenvalue weighted by Gasteiger charge is 2.29. The lowest BCUT2D eigenvalue weighted by Gasteiger charge is -2.10. The molecule has 0 bridgehead atoms. The van der Waals surface area contributed by atoms with Crippen LogP contribution in [0.5, 0.6) is 0 Å². The third-order valence-corrected chi connectivity index (χ3v) is 4.55. The van der Waals surface area contributed by atoms with Crippen LogP contribution in [0.4, 0.5) is 16.4 Å². The molecule has 2 aromatic rings. The Bertz CT molecular complexity index is 742. The molecule has 0 saturated heterocycles. The van der Waals surface area contributed by atoms with Gasteiger partial charge in [0.2, 0.25) is 5.43 Å². The Kier molecular flexibility index (Phi) is 3.17. The zero-order valence-electron chi connectivity index (χ0n) is 10.7. The molecule has 1 aromatic carbocycles. The van der Waals surface area contributed by atoms with Crippen LogP contribution < -0.4 is 16.5 Å². The normalized spacial score (nSPS) is 13.8. The summed E-state index contributed by atoms with van der Waals surface area (Å²) in [7, 11) is 0. The second kappa shape index (κ2) is 4.99. The smallest absolute Gasteiger partial charge is 0.223 e. The molecule has 20 heavy (non-hydrogen) atoms. The third-order valence-electron chi connectivity index (χ3n) is 3.27. The fourth-order valence-corrected chi connectivity index (χ4v) is 3.29. The van der Waals surface area contributed by atoms with E-state index in [9.17, 15) is 10.1 Å². The van der Waals surface area contributed by atoms with Crippen LogP contribution >= 0.6 is 11.3 Å². The minimum Gasteiger partial charge on any atom is -0.395 e. The molecule has 1 heterocycles. The molecule has 1 aromatic heterocycles. The van der Waals surface area contributed by atoms with Gasteiger partial charge in [0, 0.05) is 10.6 Å². The van der Waals surface area contributed by atoms with Crippen LogP contribution in [0.3, 0.4) is 0 Å². The van der Waals surface area contributed by atoms with E-state index in [4.69, 9.17) is 5.73 Å². The summed E-state index contributed by atoms with van der Waals surface area (Å²) in [5.74, 6) is 0.386. The standard InChI is InChI=1S/C15H13N3OS/c16-8-11-13(19)12(17)14(9-6-7-9)20-15(11)18-10-4-2-1-3-5-10/h1-5,9,18H,6-7,17H2. The van der Waals surface area contributed by atoms with E-state index in [1.54, 1.807) is 0 Å². The molecule has 1 saturated carbocycles. The van der Waals surface area contributed by atoms with E-state index in [1.165, 1.54) is 11.3 Å². The molecule has 1 fully saturated rings. The monoisotopic (exact) mass is 283 g/mol. The molecule has 3 rings (SSSR count). The molecule has 3 N–H and O–H groups in total. The van der Waals surface area contributed by atoms with Crippen molar-refractivity contribution in [2.24, 2.45) is 0 Å². The number of para-hydroxylation sites is 1. The van der Waals surface area contributed by atoms with Gasteiger partial charge in [-0.05, 0) is 30.9 Å². The summed E-state index contributed by atoms with van der Waals surface area (Å²) >= 11 is 1.42. The van der Waals surface area contributed by atoms with Gasteiger partial charge in [-0.1, -0.05) is 18.2 Å². The summed E-state index contributed by atoms with van der Waals surface area (Å²) < 4.78 is 0. The van der Waals surface area contributed by atoms with Crippen molar-refractivity contribution >= 4 is 27.7 Å². The highest BCUT2D eigenvalue weighted by Crippen LogP contribution is 2.46. The molecule has 0 spiro atoms. The second-order valence-electron chi connectivity index (χ2n) is 4.79. The number of hydrogen-bond acceptors (Lipinski definition) is 5. The predicted octanol–water partition coefficient (Wildman–Crippen LogP) is 3.18. The maximum absolute atomic E-state index is 12.2. The molecule has 0 unspecified atom stereocenters. The largest absolute Gasteiger partial charge is 0.395 e. The van der Waals surface area contributed by atoms with E-state index in [-0.39, 0.29) is 16.7 Å². The first-order chi connectivity index (χ1) is 9.70. The van der Waals surface area contributed by atoms with Crippen molar-refractivity contribution in [1.29, 1.82) is 5.26 Å². The summed E-state index contributed by atoms with van der Waals surface area (Å²) in [4.78, 5) is 13.1. The van der Waals surface area contributed by atoms with Crippen molar-refractivity contribution in [3.05, 3.63) is 51.0 Å². The quantitative estimate of drug-likeness (QED) is 0.906. The van der Waals surface area contributed by atoms with E-state index in [0.29, 0.717) is 10.9 Å². The maximum Gasteiger partial charge on any atom is 0.223 e. The van der Waals surface area contributed by atoms with E-state index in [0.717, 1.165) is 23.4 Å². The summed E-state index contributed by atoms with van der Waals surface area (Å²) in [6, 6.07) is 11.5. The first-order valence-corrected chi connectivity index (χ1v) is 7.21. The number of nitrogens with two attached hydrogens (primary N) is 1. The van der Waals surface area contributed by atoms with Gasteiger partial charge in [0.15, 0.2) is 0 Å². The highest BCUT2D eigenvalue weighted by atomic mass is 32.1. The van der Waals surface area contributed by atoms with Crippen molar-refractivity contribution in [2.45, 2.75) is 18.8 Å². The lowest BCUT2D eigenvalue weighted by Crippen LogP contribution is -2.15.